The summed E-state index contributed by atoms with van der Waals surface area (Å²) in [5.74, 6) is -0.220. The van der Waals surface area contributed by atoms with Crippen LogP contribution in [-0.4, -0.2) is 36.1 Å². The first-order valence-corrected chi connectivity index (χ1v) is 10.00. The average molecular weight is 476 g/mol. The zero-order chi connectivity index (χ0) is 18.7. The zero-order valence-corrected chi connectivity index (χ0v) is 17.5. The number of benzene rings is 2. The van der Waals surface area contributed by atoms with E-state index in [-0.39, 0.29) is 11.6 Å². The fraction of sp³-hybridized carbons (Fsp3) is 0.333. The molecule has 3 nitrogen and oxygen atoms in total. The van der Waals surface area contributed by atoms with Gasteiger partial charge in [0.2, 0.25) is 0 Å². The van der Waals surface area contributed by atoms with Crippen molar-refractivity contribution in [2.24, 2.45) is 0 Å². The second-order valence-electron chi connectivity index (χ2n) is 5.44. The van der Waals surface area contributed by atoms with Gasteiger partial charge in [0.25, 0.3) is 0 Å². The number of carbonyl (C=O) groups is 2. The van der Waals surface area contributed by atoms with Gasteiger partial charge in [-0.05, 0) is 19.6 Å². The Bertz CT molecular complexity index is 582. The van der Waals surface area contributed by atoms with Crippen molar-refractivity contribution in [3.8, 4) is 0 Å². The van der Waals surface area contributed by atoms with E-state index in [0.29, 0.717) is 11.1 Å². The first-order chi connectivity index (χ1) is 12.0. The van der Waals surface area contributed by atoms with Crippen LogP contribution in [0, 0.1) is 47.0 Å². The van der Waals surface area contributed by atoms with Gasteiger partial charge in [-0.3, -0.25) is 0 Å². The van der Waals surface area contributed by atoms with Crippen molar-refractivity contribution in [3.63, 3.8) is 0 Å². The van der Waals surface area contributed by atoms with E-state index in [1.165, 1.54) is 66.6 Å². The standard InChI is InChI=1S/C15H11O2.C6H15N.Eu/c16-14(12-7-3-1-4-8-12)11-15(17)13-9-5-2-6-10-13;1-4-7(5-2)6-3;/h1-11H;4-6H2,1-3H3;. The van der Waals surface area contributed by atoms with Crippen molar-refractivity contribution in [1.29, 1.82) is 0 Å². The van der Waals surface area contributed by atoms with Crippen LogP contribution in [0.3, 0.4) is 0 Å². The molecule has 0 aliphatic carbocycles. The van der Waals surface area contributed by atoms with E-state index < -0.39 is 0.312 Å². The van der Waals surface area contributed by atoms with Crippen LogP contribution in [0.25, 0.3) is 0 Å². The van der Waals surface area contributed by atoms with Gasteiger partial charge in [0, 0.05) is 0 Å². The third-order valence-electron chi connectivity index (χ3n) is 3.92. The molecule has 25 heavy (non-hydrogen) atoms. The van der Waals surface area contributed by atoms with E-state index >= 15 is 0 Å². The molecule has 0 spiro atoms. The number of hydrogen-bond donors (Lipinski definition) is 0. The number of nitrogens with zero attached hydrogens (tertiary/aromatic N) is 1. The Morgan fingerprint density at radius 1 is 0.760 bits per heavy atom. The van der Waals surface area contributed by atoms with Gasteiger partial charge in [-0.25, -0.2) is 0 Å². The van der Waals surface area contributed by atoms with Gasteiger partial charge in [0.1, 0.15) is 0 Å². The minimum absolute atomic E-state index is 0.110. The molecule has 4 heteroatoms. The van der Waals surface area contributed by atoms with E-state index in [1.54, 1.807) is 48.5 Å². The third kappa shape index (κ3) is 7.61. The summed E-state index contributed by atoms with van der Waals surface area (Å²) in [7, 11) is 0. The van der Waals surface area contributed by atoms with Gasteiger partial charge in [-0.2, -0.15) is 0 Å². The number of rotatable bonds is 7. The summed E-state index contributed by atoms with van der Waals surface area (Å²) in [6, 6.07) is 17.9. The Balaban J connectivity index is 0.000000381. The van der Waals surface area contributed by atoms with Crippen LogP contribution < -0.4 is 0 Å². The van der Waals surface area contributed by atoms with Gasteiger partial charge < -0.3 is 4.90 Å². The Morgan fingerprint density at radius 3 is 1.32 bits per heavy atom. The molecule has 0 heterocycles. The average Bonchev–Trinajstić information content (AvgIpc) is 2.69. The molecular weight excluding hydrogens is 450 g/mol. The molecule has 0 bridgehead atoms. The molecule has 0 unspecified atom stereocenters. The normalized spacial score (nSPS) is 10.3. The van der Waals surface area contributed by atoms with Gasteiger partial charge in [-0.1, -0.05) is 20.8 Å². The van der Waals surface area contributed by atoms with E-state index in [1.807, 2.05) is 12.1 Å². The van der Waals surface area contributed by atoms with Crippen molar-refractivity contribution >= 4 is 11.6 Å². The third-order valence-corrected chi connectivity index (χ3v) is 5.19. The predicted molar refractivity (Wildman–Crippen MR) is 98.8 cm³/mol. The monoisotopic (exact) mass is 477 g/mol. The van der Waals surface area contributed by atoms with Crippen molar-refractivity contribution in [1.82, 2.24) is 4.90 Å². The Labute approximate surface area is 183 Å². The Morgan fingerprint density at radius 2 is 1.08 bits per heavy atom. The molecule has 0 aliphatic rings. The van der Waals surface area contributed by atoms with Crippen LogP contribution in [-0.2, 0) is 0 Å². The molecule has 2 rings (SSSR count). The molecule has 0 atom stereocenters. The van der Waals surface area contributed by atoms with Crippen molar-refractivity contribution in [3.05, 3.63) is 71.8 Å². The van der Waals surface area contributed by atoms with Gasteiger partial charge in [0.15, 0.2) is 0 Å². The summed E-state index contributed by atoms with van der Waals surface area (Å²) >= 11 is 1.21. The van der Waals surface area contributed by atoms with Crippen LogP contribution in [0.2, 0.25) is 0.312 Å². The number of carbonyl (C=O) groups excluding carboxylic acids is 2. The second kappa shape index (κ2) is 12.6. The van der Waals surface area contributed by atoms with E-state index in [9.17, 15) is 9.59 Å². The first-order valence-electron chi connectivity index (χ1n) is 8.60. The molecule has 0 amide bonds. The molecule has 0 fully saturated rings. The number of hydrogen-bond acceptors (Lipinski definition) is 3. The van der Waals surface area contributed by atoms with Crippen LogP contribution in [0.1, 0.15) is 41.5 Å². The molecule has 0 aliphatic heterocycles. The summed E-state index contributed by atoms with van der Waals surface area (Å²) in [4.78, 5) is 26.7. The molecule has 2 aromatic carbocycles. The number of ketones is 2. The molecule has 0 aromatic heterocycles. The predicted octanol–water partition coefficient (Wildman–Crippen LogP) is 4.44. The van der Waals surface area contributed by atoms with Gasteiger partial charge >= 0.3 is 140 Å². The van der Waals surface area contributed by atoms with Crippen molar-refractivity contribution in [2.45, 2.75) is 21.1 Å². The SMILES string of the molecule is CCN(CC)CC.O=C(c1ccccc1)[CH]([Eu])C(=O)c1ccccc1. The van der Waals surface area contributed by atoms with Crippen LogP contribution in [0.15, 0.2) is 60.7 Å². The van der Waals surface area contributed by atoms with Gasteiger partial charge in [0.05, 0.1) is 0 Å². The molecule has 0 saturated heterocycles. The molecule has 134 valence electrons. The Kier molecular flexibility index (Phi) is 11.3. The van der Waals surface area contributed by atoms with Crippen molar-refractivity contribution < 1.29 is 56.6 Å². The summed E-state index contributed by atoms with van der Waals surface area (Å²) in [5.41, 5.74) is 1.18. The summed E-state index contributed by atoms with van der Waals surface area (Å²) < 4.78 is -0.588. The van der Waals surface area contributed by atoms with E-state index in [0.717, 1.165) is 0 Å². The zero-order valence-electron chi connectivity index (χ0n) is 15.1. The molecule has 0 radical (unpaired) electrons. The molecule has 0 saturated carbocycles. The van der Waals surface area contributed by atoms with Crippen molar-refractivity contribution in [2.75, 3.05) is 19.6 Å². The van der Waals surface area contributed by atoms with Crippen LogP contribution in [0.5, 0.6) is 0 Å². The first kappa shape index (κ1) is 22.4. The molecular formula is C21H26EuNO2. The van der Waals surface area contributed by atoms with E-state index in [4.69, 9.17) is 0 Å². The number of Topliss-reactive ketones (excluding diaryl/α,β-unsaturated/α-hetero) is 2. The summed E-state index contributed by atoms with van der Waals surface area (Å²) in [6.07, 6.45) is 0. The minimum atomic E-state index is -0.588. The maximum absolute atomic E-state index is 12.2. The quantitative estimate of drug-likeness (QED) is 0.438. The van der Waals surface area contributed by atoms with Crippen LogP contribution >= 0.6 is 0 Å². The summed E-state index contributed by atoms with van der Waals surface area (Å²) in [6.45, 7) is 10.1. The van der Waals surface area contributed by atoms with E-state index in [2.05, 4.69) is 25.7 Å². The van der Waals surface area contributed by atoms with Crippen LogP contribution in [0.4, 0.5) is 0 Å². The summed E-state index contributed by atoms with van der Waals surface area (Å²) in [5, 5.41) is 0. The second-order valence-corrected chi connectivity index (χ2v) is 6.84. The topological polar surface area (TPSA) is 37.4 Å². The fourth-order valence-corrected chi connectivity index (χ4v) is 3.10. The van der Waals surface area contributed by atoms with Gasteiger partial charge in [-0.15, -0.1) is 0 Å². The maximum atomic E-state index is 12.2. The fourth-order valence-electron chi connectivity index (χ4n) is 2.29. The molecule has 2 aromatic rings. The molecule has 0 N–H and O–H groups in total. The Hall–Kier alpha value is -0.676.